The monoisotopic (exact) mass is 436 g/mol. The lowest BCUT2D eigenvalue weighted by molar-refractivity contribution is -0.121. The fourth-order valence-electron chi connectivity index (χ4n) is 3.06. The zero-order valence-corrected chi connectivity index (χ0v) is 17.5. The second-order valence-corrected chi connectivity index (χ2v) is 8.97. The van der Waals surface area contributed by atoms with Crippen molar-refractivity contribution in [1.29, 1.82) is 0 Å². The van der Waals surface area contributed by atoms with Crippen LogP contribution in [0.25, 0.3) is 22.2 Å². The molecule has 1 N–H and O–H groups in total. The number of carbonyl (C=O) groups is 1. The van der Waals surface area contributed by atoms with Crippen molar-refractivity contribution in [3.63, 3.8) is 0 Å². The van der Waals surface area contributed by atoms with Gasteiger partial charge < -0.3 is 9.84 Å². The lowest BCUT2D eigenvalue weighted by Gasteiger charge is -2.17. The van der Waals surface area contributed by atoms with Crippen LogP contribution in [-0.4, -0.2) is 42.4 Å². The van der Waals surface area contributed by atoms with Crippen LogP contribution in [0.15, 0.2) is 82.2 Å². The third kappa shape index (κ3) is 4.62. The van der Waals surface area contributed by atoms with E-state index in [1.807, 2.05) is 54.6 Å². The first-order valence-corrected chi connectivity index (χ1v) is 11.0. The third-order valence-corrected chi connectivity index (χ3v) is 6.53. The number of amides is 1. The van der Waals surface area contributed by atoms with Crippen LogP contribution in [-0.2, 0) is 21.4 Å². The van der Waals surface area contributed by atoms with E-state index in [1.54, 1.807) is 12.1 Å². The van der Waals surface area contributed by atoms with E-state index in [1.165, 1.54) is 13.1 Å². The first-order chi connectivity index (χ1) is 14.9. The summed E-state index contributed by atoms with van der Waals surface area (Å²) in [4.78, 5) is 16.6. The summed E-state index contributed by atoms with van der Waals surface area (Å²) in [6, 6.07) is 21.7. The average Bonchev–Trinajstić information content (AvgIpc) is 3.27. The van der Waals surface area contributed by atoms with Gasteiger partial charge in [0.05, 0.1) is 18.0 Å². The fourth-order valence-corrected chi connectivity index (χ4v) is 4.22. The quantitative estimate of drug-likeness (QED) is 0.478. The van der Waals surface area contributed by atoms with Crippen molar-refractivity contribution in [2.75, 3.05) is 13.6 Å². The summed E-state index contributed by atoms with van der Waals surface area (Å²) in [5.41, 5.74) is 0.796. The molecule has 0 bridgehead atoms. The number of carbonyl (C=O) groups excluding carboxylic acids is 1. The number of rotatable bonds is 7. The van der Waals surface area contributed by atoms with Crippen LogP contribution in [0.3, 0.4) is 0 Å². The van der Waals surface area contributed by atoms with Crippen molar-refractivity contribution in [2.45, 2.75) is 11.4 Å². The molecule has 0 aliphatic heterocycles. The largest absolute Gasteiger partial charge is 0.346 e. The molecule has 158 valence electrons. The summed E-state index contributed by atoms with van der Waals surface area (Å²) in [5.74, 6) is 0.166. The van der Waals surface area contributed by atoms with E-state index in [0.29, 0.717) is 5.82 Å². The lowest BCUT2D eigenvalue weighted by atomic mass is 10.1. The minimum Gasteiger partial charge on any atom is -0.346 e. The van der Waals surface area contributed by atoms with E-state index < -0.39 is 15.9 Å². The lowest BCUT2D eigenvalue weighted by Crippen LogP contribution is -2.38. The first kappa shape index (κ1) is 20.7. The molecular weight excluding hydrogens is 416 g/mol. The molecule has 0 unspecified atom stereocenters. The molecule has 1 aromatic heterocycles. The number of likely N-dealkylation sites (N-methyl/N-ethyl adjacent to an activating group) is 1. The number of aromatic nitrogens is 2. The van der Waals surface area contributed by atoms with Gasteiger partial charge in [0.2, 0.25) is 27.6 Å². The van der Waals surface area contributed by atoms with Crippen LogP contribution in [0.5, 0.6) is 0 Å². The van der Waals surface area contributed by atoms with Crippen molar-refractivity contribution in [2.24, 2.45) is 0 Å². The number of nitrogens with one attached hydrogen (secondary N) is 1. The van der Waals surface area contributed by atoms with E-state index in [-0.39, 0.29) is 23.9 Å². The molecule has 3 aromatic carbocycles. The van der Waals surface area contributed by atoms with Crippen LogP contribution in [0.4, 0.5) is 0 Å². The van der Waals surface area contributed by atoms with Crippen LogP contribution >= 0.6 is 0 Å². The highest BCUT2D eigenvalue weighted by molar-refractivity contribution is 7.89. The van der Waals surface area contributed by atoms with Crippen molar-refractivity contribution in [3.8, 4) is 11.4 Å². The van der Waals surface area contributed by atoms with E-state index in [0.717, 1.165) is 20.6 Å². The van der Waals surface area contributed by atoms with E-state index in [9.17, 15) is 13.2 Å². The zero-order chi connectivity index (χ0) is 21.8. The molecule has 1 amide bonds. The molecule has 4 rings (SSSR count). The smallest absolute Gasteiger partial charge is 0.246 e. The summed E-state index contributed by atoms with van der Waals surface area (Å²) >= 11 is 0. The Kier molecular flexibility index (Phi) is 5.79. The van der Waals surface area contributed by atoms with Gasteiger partial charge in [-0.15, -0.1) is 0 Å². The van der Waals surface area contributed by atoms with Gasteiger partial charge in [0.25, 0.3) is 0 Å². The van der Waals surface area contributed by atoms with Crippen molar-refractivity contribution in [1.82, 2.24) is 19.8 Å². The molecule has 9 heteroatoms. The molecule has 4 aromatic rings. The highest BCUT2D eigenvalue weighted by atomic mass is 32.2. The molecular formula is C22H20N4O4S. The first-order valence-electron chi connectivity index (χ1n) is 9.53. The Labute approximate surface area is 179 Å². The van der Waals surface area contributed by atoms with Gasteiger partial charge in [-0.25, -0.2) is 8.42 Å². The third-order valence-electron chi connectivity index (χ3n) is 4.73. The van der Waals surface area contributed by atoms with Crippen molar-refractivity contribution >= 4 is 26.7 Å². The van der Waals surface area contributed by atoms with Crippen LogP contribution in [0.2, 0.25) is 0 Å². The number of sulfonamides is 1. The topological polar surface area (TPSA) is 105 Å². The SMILES string of the molecule is CN(CC(=O)NCc1nc(-c2ccccc2)no1)S(=O)(=O)c1ccc2ccccc2c1. The molecule has 0 spiro atoms. The van der Waals surface area contributed by atoms with Gasteiger partial charge in [-0.1, -0.05) is 65.8 Å². The van der Waals surface area contributed by atoms with Crippen molar-refractivity contribution < 1.29 is 17.7 Å². The predicted octanol–water partition coefficient (Wildman–Crippen LogP) is 2.83. The van der Waals surface area contributed by atoms with Crippen LogP contribution < -0.4 is 5.32 Å². The van der Waals surface area contributed by atoms with Crippen LogP contribution in [0.1, 0.15) is 5.89 Å². The maximum Gasteiger partial charge on any atom is 0.246 e. The molecule has 0 atom stereocenters. The number of benzene rings is 3. The van der Waals surface area contributed by atoms with Crippen LogP contribution in [0, 0.1) is 0 Å². The molecule has 1 heterocycles. The Morgan fingerprint density at radius 2 is 1.71 bits per heavy atom. The minimum absolute atomic E-state index is 0.00251. The van der Waals surface area contributed by atoms with Gasteiger partial charge in [0, 0.05) is 12.6 Å². The minimum atomic E-state index is -3.82. The number of hydrogen-bond donors (Lipinski definition) is 1. The summed E-state index contributed by atoms with van der Waals surface area (Å²) < 4.78 is 31.9. The fraction of sp³-hybridized carbons (Fsp3) is 0.136. The maximum atomic E-state index is 12.9. The molecule has 0 aliphatic carbocycles. The Morgan fingerprint density at radius 1 is 1.00 bits per heavy atom. The Balaban J connectivity index is 1.38. The molecule has 0 saturated carbocycles. The maximum absolute atomic E-state index is 12.9. The molecule has 0 aliphatic rings. The summed E-state index contributed by atoms with van der Waals surface area (Å²) in [6.45, 7) is -0.336. The standard InChI is InChI=1S/C22H20N4O4S/c1-26(31(28,29)19-12-11-16-7-5-6-10-18(16)13-19)15-20(27)23-14-21-24-22(25-30-21)17-8-3-2-4-9-17/h2-13H,14-15H2,1H3,(H,23,27). The highest BCUT2D eigenvalue weighted by Gasteiger charge is 2.23. The normalized spacial score (nSPS) is 11.7. The molecule has 0 saturated heterocycles. The zero-order valence-electron chi connectivity index (χ0n) is 16.7. The van der Waals surface area contributed by atoms with E-state index in [2.05, 4.69) is 15.5 Å². The van der Waals surface area contributed by atoms with E-state index >= 15 is 0 Å². The number of nitrogens with zero attached hydrogens (tertiary/aromatic N) is 3. The second-order valence-electron chi connectivity index (χ2n) is 6.92. The van der Waals surface area contributed by atoms with Gasteiger partial charge in [0.1, 0.15) is 0 Å². The van der Waals surface area contributed by atoms with Gasteiger partial charge in [-0.05, 0) is 22.9 Å². The summed E-state index contributed by atoms with van der Waals surface area (Å²) in [5, 5.41) is 8.24. The molecule has 8 nitrogen and oxygen atoms in total. The average molecular weight is 436 g/mol. The highest BCUT2D eigenvalue weighted by Crippen LogP contribution is 2.21. The Hall–Kier alpha value is -3.56. The van der Waals surface area contributed by atoms with Crippen molar-refractivity contribution in [3.05, 3.63) is 78.7 Å². The predicted molar refractivity (Wildman–Crippen MR) is 115 cm³/mol. The van der Waals surface area contributed by atoms with Gasteiger partial charge in [-0.3, -0.25) is 4.79 Å². The number of fused-ring (bicyclic) bond motifs is 1. The van der Waals surface area contributed by atoms with Gasteiger partial charge >= 0.3 is 0 Å². The number of hydrogen-bond acceptors (Lipinski definition) is 6. The summed E-state index contributed by atoms with van der Waals surface area (Å²) in [6.07, 6.45) is 0. The summed E-state index contributed by atoms with van der Waals surface area (Å²) in [7, 11) is -2.45. The molecule has 0 radical (unpaired) electrons. The van der Waals surface area contributed by atoms with Gasteiger partial charge in [0.15, 0.2) is 0 Å². The second kappa shape index (κ2) is 8.66. The molecule has 0 fully saturated rings. The Bertz CT molecular complexity index is 1320. The van der Waals surface area contributed by atoms with Gasteiger partial charge in [-0.2, -0.15) is 9.29 Å². The molecule has 31 heavy (non-hydrogen) atoms. The Morgan fingerprint density at radius 3 is 2.48 bits per heavy atom. The van der Waals surface area contributed by atoms with E-state index in [4.69, 9.17) is 4.52 Å².